The van der Waals surface area contributed by atoms with E-state index in [1.54, 1.807) is 0 Å². The van der Waals surface area contributed by atoms with Gasteiger partial charge in [-0.15, -0.1) is 0 Å². The molecule has 2 unspecified atom stereocenters. The number of fused-ring (bicyclic) bond motifs is 2. The van der Waals surface area contributed by atoms with Crippen LogP contribution in [0.4, 0.5) is 0 Å². The fraction of sp³-hybridized carbons (Fsp3) is 0.152. The Morgan fingerprint density at radius 1 is 0.559 bits per heavy atom. The minimum absolute atomic E-state index is 0.439. The highest BCUT2D eigenvalue weighted by Crippen LogP contribution is 2.58. The Morgan fingerprint density at radius 3 is 1.82 bits per heavy atom. The maximum absolute atomic E-state index is 2.62. The van der Waals surface area contributed by atoms with E-state index in [0.717, 1.165) is 0 Å². The molecule has 2 aliphatic carbocycles. The smallest absolute Gasteiger partial charge is 0.0679 e. The third-order valence-corrected chi connectivity index (χ3v) is 12.2. The van der Waals surface area contributed by atoms with Gasteiger partial charge in [-0.05, 0) is 57.0 Å². The van der Waals surface area contributed by atoms with E-state index in [1.807, 2.05) is 0 Å². The van der Waals surface area contributed by atoms with Gasteiger partial charge in [0, 0.05) is 11.1 Å². The third-order valence-electron chi connectivity index (χ3n) is 7.98. The van der Waals surface area contributed by atoms with Crippen LogP contribution in [-0.2, 0) is 0 Å². The largest absolute Gasteiger partial charge is 0.0731 e. The maximum Gasteiger partial charge on any atom is 0.0731 e. The second-order valence-electron chi connectivity index (χ2n) is 10.3. The second kappa shape index (κ2) is 8.11. The van der Waals surface area contributed by atoms with Crippen LogP contribution in [-0.4, -0.2) is 8.07 Å². The van der Waals surface area contributed by atoms with Crippen molar-refractivity contribution < 1.29 is 0 Å². The molecule has 6 rings (SSSR count). The molecular weight excluding hydrogens is 424 g/mol. The van der Waals surface area contributed by atoms with Crippen LogP contribution >= 0.6 is 0 Å². The van der Waals surface area contributed by atoms with Gasteiger partial charge in [-0.1, -0.05) is 128 Å². The third kappa shape index (κ3) is 3.19. The fourth-order valence-corrected chi connectivity index (χ4v) is 11.2. The van der Waals surface area contributed by atoms with E-state index in [2.05, 4.69) is 135 Å². The molecule has 0 saturated heterocycles. The zero-order valence-corrected chi connectivity index (χ0v) is 21.1. The first-order chi connectivity index (χ1) is 16.6. The zero-order valence-electron chi connectivity index (χ0n) is 20.1. The van der Waals surface area contributed by atoms with Crippen molar-refractivity contribution in [1.82, 2.24) is 0 Å². The molecule has 0 bridgehead atoms. The van der Waals surface area contributed by atoms with Gasteiger partial charge in [0.1, 0.15) is 0 Å². The van der Waals surface area contributed by atoms with E-state index < -0.39 is 8.07 Å². The van der Waals surface area contributed by atoms with Crippen molar-refractivity contribution in [2.45, 2.75) is 31.1 Å². The normalized spacial score (nSPS) is 19.1. The van der Waals surface area contributed by atoms with Gasteiger partial charge in [-0.2, -0.15) is 0 Å². The quantitative estimate of drug-likeness (QED) is 0.270. The summed E-state index contributed by atoms with van der Waals surface area (Å²) >= 11 is 0. The topological polar surface area (TPSA) is 0 Å². The van der Waals surface area contributed by atoms with Gasteiger partial charge in [0.25, 0.3) is 0 Å². The van der Waals surface area contributed by atoms with Gasteiger partial charge < -0.3 is 0 Å². The van der Waals surface area contributed by atoms with Crippen LogP contribution in [0.25, 0.3) is 22.8 Å². The molecule has 34 heavy (non-hydrogen) atoms. The van der Waals surface area contributed by atoms with Crippen LogP contribution in [0.1, 0.15) is 51.4 Å². The molecule has 0 N–H and O–H groups in total. The monoisotopic (exact) mass is 454 g/mol. The van der Waals surface area contributed by atoms with E-state index >= 15 is 0 Å². The first-order valence-electron chi connectivity index (χ1n) is 12.3. The Hall–Kier alpha value is -3.42. The van der Waals surface area contributed by atoms with Crippen molar-refractivity contribution in [3.05, 3.63) is 143 Å². The molecule has 0 saturated carbocycles. The Kier molecular flexibility index (Phi) is 5.04. The lowest BCUT2D eigenvalue weighted by atomic mass is 10.0. The molecule has 0 nitrogen and oxygen atoms in total. The zero-order chi connectivity index (χ0) is 23.3. The lowest BCUT2D eigenvalue weighted by molar-refractivity contribution is 1.07. The molecule has 0 aliphatic heterocycles. The van der Waals surface area contributed by atoms with E-state index in [-0.39, 0.29) is 0 Å². The van der Waals surface area contributed by atoms with Crippen molar-refractivity contribution in [2.75, 3.05) is 0 Å². The predicted molar refractivity (Wildman–Crippen MR) is 149 cm³/mol. The standard InChI is InChI=1S/C33H30Si/c1-23-27-19-12-13-21-29(27)33(31(23)25-16-8-5-9-17-25)34(2,3)32-28-20-11-10-18-26(28)22-30(32)24-14-6-4-7-15-24/h4-22,32-33H,1-3H3. The lowest BCUT2D eigenvalue weighted by Crippen LogP contribution is -2.42. The van der Waals surface area contributed by atoms with Crippen LogP contribution in [0.2, 0.25) is 13.1 Å². The Balaban J connectivity index is 1.57. The SMILES string of the molecule is CC1=C(c2ccccc2)C([Si](C)(C)C2C(c3ccccc3)=Cc3ccccc32)c2ccccc21. The van der Waals surface area contributed by atoms with Crippen molar-refractivity contribution >= 4 is 30.9 Å². The van der Waals surface area contributed by atoms with E-state index in [9.17, 15) is 0 Å². The maximum atomic E-state index is 2.62. The van der Waals surface area contributed by atoms with Gasteiger partial charge in [0.2, 0.25) is 0 Å². The Morgan fingerprint density at radius 2 is 1.12 bits per heavy atom. The van der Waals surface area contributed by atoms with E-state index in [0.29, 0.717) is 11.1 Å². The highest BCUT2D eigenvalue weighted by atomic mass is 28.3. The van der Waals surface area contributed by atoms with Crippen molar-refractivity contribution in [1.29, 1.82) is 0 Å². The number of hydrogen-bond donors (Lipinski definition) is 0. The molecule has 166 valence electrons. The van der Waals surface area contributed by atoms with Gasteiger partial charge in [-0.3, -0.25) is 0 Å². The summed E-state index contributed by atoms with van der Waals surface area (Å²) in [7, 11) is -2.00. The minimum atomic E-state index is -2.00. The summed E-state index contributed by atoms with van der Waals surface area (Å²) in [6.07, 6.45) is 2.46. The molecular formula is C33H30Si. The van der Waals surface area contributed by atoms with Gasteiger partial charge in [0.05, 0.1) is 8.07 Å². The molecule has 2 aliphatic rings. The first-order valence-corrected chi connectivity index (χ1v) is 15.4. The average Bonchev–Trinajstić information content (AvgIpc) is 3.42. The van der Waals surface area contributed by atoms with Crippen LogP contribution < -0.4 is 0 Å². The summed E-state index contributed by atoms with van der Waals surface area (Å²) < 4.78 is 0. The highest BCUT2D eigenvalue weighted by molar-refractivity contribution is 6.84. The number of allylic oxidation sites excluding steroid dienone is 3. The predicted octanol–water partition coefficient (Wildman–Crippen LogP) is 8.84. The van der Waals surface area contributed by atoms with Crippen LogP contribution in [0, 0.1) is 0 Å². The summed E-state index contributed by atoms with van der Waals surface area (Å²) in [6, 6.07) is 40.4. The number of benzene rings is 4. The van der Waals surface area contributed by atoms with Crippen molar-refractivity contribution in [2.24, 2.45) is 0 Å². The molecule has 4 aromatic rings. The van der Waals surface area contributed by atoms with Crippen molar-refractivity contribution in [3.63, 3.8) is 0 Å². The van der Waals surface area contributed by atoms with E-state index in [4.69, 9.17) is 0 Å². The second-order valence-corrected chi connectivity index (χ2v) is 15.1. The summed E-state index contributed by atoms with van der Waals surface area (Å²) in [4.78, 5) is 0. The van der Waals surface area contributed by atoms with Gasteiger partial charge in [0.15, 0.2) is 0 Å². The average molecular weight is 455 g/mol. The van der Waals surface area contributed by atoms with Crippen LogP contribution in [0.15, 0.2) is 109 Å². The summed E-state index contributed by atoms with van der Waals surface area (Å²) in [5.74, 6) is 0. The molecule has 1 heteroatoms. The Labute approximate surface area is 204 Å². The molecule has 0 amide bonds. The molecule has 0 heterocycles. The fourth-order valence-electron chi connectivity index (χ4n) is 6.55. The van der Waals surface area contributed by atoms with Crippen LogP contribution in [0.3, 0.4) is 0 Å². The minimum Gasteiger partial charge on any atom is -0.0679 e. The molecule has 2 atom stereocenters. The Bertz CT molecular complexity index is 1420. The molecule has 0 spiro atoms. The first kappa shape index (κ1) is 21.1. The summed E-state index contributed by atoms with van der Waals surface area (Å²) in [6.45, 7) is 7.58. The highest BCUT2D eigenvalue weighted by Gasteiger charge is 2.49. The van der Waals surface area contributed by atoms with Gasteiger partial charge >= 0.3 is 0 Å². The lowest BCUT2D eigenvalue weighted by Gasteiger charge is -2.40. The summed E-state index contributed by atoms with van der Waals surface area (Å²) in [5.41, 5.74) is 13.9. The van der Waals surface area contributed by atoms with Gasteiger partial charge in [-0.25, -0.2) is 0 Å². The molecule has 0 fully saturated rings. The molecule has 0 aromatic heterocycles. The number of hydrogen-bond acceptors (Lipinski definition) is 0. The van der Waals surface area contributed by atoms with E-state index in [1.165, 1.54) is 50.1 Å². The van der Waals surface area contributed by atoms with Crippen molar-refractivity contribution in [3.8, 4) is 0 Å². The van der Waals surface area contributed by atoms with Crippen LogP contribution in [0.5, 0.6) is 0 Å². The molecule has 4 aromatic carbocycles. The number of rotatable bonds is 4. The summed E-state index contributed by atoms with van der Waals surface area (Å²) in [5, 5.41) is 0. The molecule has 0 radical (unpaired) electrons.